The number of fused-ring (bicyclic) bond motifs is 5. The molecular formula is C37H31N3OS. The standard InChI is InChI=1S/C37H31N3OS/c1-2-3-21-39-23-26(28-15-8-9-18-32(28)39)22-33-36(41)40-35(30-17-10-13-24-11-4-6-14-27(24)30)31-20-19-25-12-5-7-16-29(25)34(31)38-37(40)42-33/h4-18,22-23,35H,2-3,19-21H2,1H3. The van der Waals surface area contributed by atoms with E-state index in [1.807, 2.05) is 4.57 Å². The molecule has 0 saturated heterocycles. The molecule has 1 unspecified atom stereocenters. The highest BCUT2D eigenvalue weighted by molar-refractivity contribution is 7.07. The zero-order chi connectivity index (χ0) is 28.2. The number of thiazole rings is 1. The molecule has 6 aromatic rings. The van der Waals surface area contributed by atoms with Gasteiger partial charge in [-0.2, -0.15) is 0 Å². The van der Waals surface area contributed by atoms with E-state index in [2.05, 4.69) is 115 Å². The normalized spacial score (nSPS) is 16.4. The zero-order valence-corrected chi connectivity index (χ0v) is 24.4. The van der Waals surface area contributed by atoms with Crippen molar-refractivity contribution in [2.75, 3.05) is 0 Å². The largest absolute Gasteiger partial charge is 0.347 e. The van der Waals surface area contributed by atoms with Crippen molar-refractivity contribution in [1.29, 1.82) is 0 Å². The Morgan fingerprint density at radius 2 is 1.69 bits per heavy atom. The Kier molecular flexibility index (Phi) is 6.08. The number of aromatic nitrogens is 2. The van der Waals surface area contributed by atoms with Crippen molar-refractivity contribution in [2.45, 2.75) is 45.2 Å². The topological polar surface area (TPSA) is 39.3 Å². The van der Waals surface area contributed by atoms with Gasteiger partial charge in [-0.3, -0.25) is 9.36 Å². The quantitative estimate of drug-likeness (QED) is 0.217. The minimum Gasteiger partial charge on any atom is -0.347 e. The Balaban J connectivity index is 1.39. The SMILES string of the molecule is CCCCn1cc(C=c2sc3n(c2=O)C(c2cccc4ccccc24)C2=C(N=3)c3ccccc3CC2)c2ccccc21. The number of hydrogen-bond acceptors (Lipinski definition) is 3. The first-order valence-electron chi connectivity index (χ1n) is 14.9. The molecule has 0 amide bonds. The third kappa shape index (κ3) is 3.95. The van der Waals surface area contributed by atoms with Crippen LogP contribution in [-0.4, -0.2) is 9.13 Å². The van der Waals surface area contributed by atoms with Gasteiger partial charge in [-0.1, -0.05) is 110 Å². The van der Waals surface area contributed by atoms with Crippen molar-refractivity contribution in [3.05, 3.63) is 145 Å². The molecule has 1 aliphatic carbocycles. The van der Waals surface area contributed by atoms with Gasteiger partial charge in [0.05, 0.1) is 16.3 Å². The Labute approximate surface area is 248 Å². The summed E-state index contributed by atoms with van der Waals surface area (Å²) in [4.78, 5) is 20.4. The molecule has 0 bridgehead atoms. The number of hydrogen-bond donors (Lipinski definition) is 0. The van der Waals surface area contributed by atoms with E-state index in [4.69, 9.17) is 4.99 Å². The first-order valence-corrected chi connectivity index (χ1v) is 15.7. The molecule has 0 fully saturated rings. The smallest absolute Gasteiger partial charge is 0.271 e. The van der Waals surface area contributed by atoms with Crippen LogP contribution in [0.2, 0.25) is 0 Å². The van der Waals surface area contributed by atoms with Gasteiger partial charge in [-0.15, -0.1) is 0 Å². The summed E-state index contributed by atoms with van der Waals surface area (Å²) < 4.78 is 5.03. The second-order valence-electron chi connectivity index (χ2n) is 11.3. The van der Waals surface area contributed by atoms with Gasteiger partial charge in [-0.05, 0) is 58.9 Å². The number of allylic oxidation sites excluding steroid dienone is 1. The molecule has 0 radical (unpaired) electrons. The van der Waals surface area contributed by atoms with Crippen LogP contribution in [0.3, 0.4) is 0 Å². The molecule has 1 atom stereocenters. The van der Waals surface area contributed by atoms with E-state index in [1.54, 1.807) is 0 Å². The first kappa shape index (κ1) is 25.2. The van der Waals surface area contributed by atoms with Crippen LogP contribution in [0.15, 0.2) is 113 Å². The molecule has 2 aliphatic rings. The summed E-state index contributed by atoms with van der Waals surface area (Å²) in [5.41, 5.74) is 8.30. The lowest BCUT2D eigenvalue weighted by Crippen LogP contribution is -2.38. The molecule has 42 heavy (non-hydrogen) atoms. The van der Waals surface area contributed by atoms with Gasteiger partial charge >= 0.3 is 0 Å². The summed E-state index contributed by atoms with van der Waals surface area (Å²) in [6.07, 6.45) is 8.40. The average molecular weight is 566 g/mol. The lowest BCUT2D eigenvalue weighted by Gasteiger charge is -2.31. The molecular weight excluding hydrogens is 534 g/mol. The van der Waals surface area contributed by atoms with Gasteiger partial charge in [0.1, 0.15) is 0 Å². The Hall–Kier alpha value is -4.48. The highest BCUT2D eigenvalue weighted by Crippen LogP contribution is 2.42. The van der Waals surface area contributed by atoms with Gasteiger partial charge in [0, 0.05) is 34.8 Å². The Morgan fingerprint density at radius 3 is 2.60 bits per heavy atom. The Morgan fingerprint density at radius 1 is 0.905 bits per heavy atom. The minimum absolute atomic E-state index is 0.0347. The van der Waals surface area contributed by atoms with Crippen LogP contribution in [0.25, 0.3) is 33.4 Å². The van der Waals surface area contributed by atoms with E-state index >= 15 is 0 Å². The van der Waals surface area contributed by atoms with Gasteiger partial charge in [0.2, 0.25) is 0 Å². The fourth-order valence-electron chi connectivity index (χ4n) is 6.83. The van der Waals surface area contributed by atoms with Crippen molar-refractivity contribution in [2.24, 2.45) is 4.99 Å². The van der Waals surface area contributed by atoms with E-state index < -0.39 is 0 Å². The molecule has 0 spiro atoms. The van der Waals surface area contributed by atoms with E-state index in [-0.39, 0.29) is 11.6 Å². The number of benzene rings is 4. The molecule has 1 aliphatic heterocycles. The zero-order valence-electron chi connectivity index (χ0n) is 23.6. The van der Waals surface area contributed by atoms with E-state index in [0.29, 0.717) is 0 Å². The highest BCUT2D eigenvalue weighted by atomic mass is 32.1. The second-order valence-corrected chi connectivity index (χ2v) is 12.3. The third-order valence-electron chi connectivity index (χ3n) is 8.85. The molecule has 5 heteroatoms. The predicted octanol–water partition coefficient (Wildman–Crippen LogP) is 7.23. The maximum absolute atomic E-state index is 14.4. The number of para-hydroxylation sites is 1. The molecule has 2 aromatic heterocycles. The van der Waals surface area contributed by atoms with E-state index in [0.717, 1.165) is 52.8 Å². The van der Waals surface area contributed by atoms with Crippen molar-refractivity contribution < 1.29 is 0 Å². The summed E-state index contributed by atoms with van der Waals surface area (Å²) >= 11 is 1.51. The number of aryl methyl sites for hydroxylation is 2. The molecule has 8 rings (SSSR count). The monoisotopic (exact) mass is 565 g/mol. The minimum atomic E-state index is -0.191. The summed E-state index contributed by atoms with van der Waals surface area (Å²) in [6.45, 7) is 3.19. The highest BCUT2D eigenvalue weighted by Gasteiger charge is 2.33. The summed E-state index contributed by atoms with van der Waals surface area (Å²) in [5, 5.41) is 3.55. The van der Waals surface area contributed by atoms with Crippen LogP contribution in [-0.2, 0) is 13.0 Å². The molecule has 206 valence electrons. The summed E-state index contributed by atoms with van der Waals surface area (Å²) in [5.74, 6) is 0. The maximum atomic E-state index is 14.4. The van der Waals surface area contributed by atoms with E-state index in [9.17, 15) is 4.79 Å². The van der Waals surface area contributed by atoms with Gasteiger partial charge in [0.15, 0.2) is 4.80 Å². The van der Waals surface area contributed by atoms with E-state index in [1.165, 1.54) is 55.3 Å². The van der Waals surface area contributed by atoms with Crippen molar-refractivity contribution in [3.63, 3.8) is 0 Å². The van der Waals surface area contributed by atoms with Crippen molar-refractivity contribution >= 4 is 44.8 Å². The fraction of sp³-hybridized carbons (Fsp3) is 0.189. The van der Waals surface area contributed by atoms with Gasteiger partial charge in [-0.25, -0.2) is 4.99 Å². The third-order valence-corrected chi connectivity index (χ3v) is 9.83. The van der Waals surface area contributed by atoms with Crippen LogP contribution < -0.4 is 14.9 Å². The molecule has 3 heterocycles. The van der Waals surface area contributed by atoms with Gasteiger partial charge < -0.3 is 4.57 Å². The molecule has 0 N–H and O–H groups in total. The van der Waals surface area contributed by atoms with Crippen LogP contribution >= 0.6 is 11.3 Å². The lowest BCUT2D eigenvalue weighted by atomic mass is 9.82. The van der Waals surface area contributed by atoms with Crippen molar-refractivity contribution in [3.8, 4) is 0 Å². The van der Waals surface area contributed by atoms with Crippen LogP contribution in [0.5, 0.6) is 0 Å². The van der Waals surface area contributed by atoms with Gasteiger partial charge in [0.25, 0.3) is 5.56 Å². The Bertz CT molecular complexity index is 2220. The first-order chi connectivity index (χ1) is 20.7. The van der Waals surface area contributed by atoms with Crippen LogP contribution in [0.4, 0.5) is 0 Å². The maximum Gasteiger partial charge on any atom is 0.271 e. The fourth-order valence-corrected chi connectivity index (χ4v) is 7.82. The lowest BCUT2D eigenvalue weighted by molar-refractivity contribution is 0.588. The number of nitrogens with zero attached hydrogens (tertiary/aromatic N) is 3. The second kappa shape index (κ2) is 10.1. The number of rotatable bonds is 5. The van der Waals surface area contributed by atoms with Crippen LogP contribution in [0, 0.1) is 0 Å². The summed E-state index contributed by atoms with van der Waals surface area (Å²) in [7, 11) is 0. The number of unbranched alkanes of at least 4 members (excludes halogenated alkanes) is 1. The molecule has 4 aromatic carbocycles. The predicted molar refractivity (Wildman–Crippen MR) is 174 cm³/mol. The summed E-state index contributed by atoms with van der Waals surface area (Å²) in [6, 6.07) is 31.9. The molecule has 0 saturated carbocycles. The van der Waals surface area contributed by atoms with Crippen molar-refractivity contribution in [1.82, 2.24) is 9.13 Å². The average Bonchev–Trinajstić information content (AvgIpc) is 3.55. The van der Waals surface area contributed by atoms with Crippen LogP contribution in [0.1, 0.15) is 54.5 Å². The molecule has 4 nitrogen and oxygen atoms in total.